The van der Waals surface area contributed by atoms with Crippen molar-refractivity contribution < 1.29 is 0 Å². The van der Waals surface area contributed by atoms with Crippen molar-refractivity contribution in [3.63, 3.8) is 0 Å². The van der Waals surface area contributed by atoms with Crippen LogP contribution in [0.4, 0.5) is 0 Å². The van der Waals surface area contributed by atoms with Gasteiger partial charge >= 0.3 is 0 Å². The van der Waals surface area contributed by atoms with Crippen molar-refractivity contribution in [2.24, 2.45) is 5.73 Å². The van der Waals surface area contributed by atoms with Crippen LogP contribution in [-0.2, 0) is 6.54 Å². The van der Waals surface area contributed by atoms with E-state index in [0.29, 0.717) is 28.2 Å². The second-order valence-corrected chi connectivity index (χ2v) is 5.35. The number of H-pyrrole nitrogens is 1. The molecule has 21 heavy (non-hydrogen) atoms. The van der Waals surface area contributed by atoms with Gasteiger partial charge in [-0.05, 0) is 23.8 Å². The molecule has 106 valence electrons. The van der Waals surface area contributed by atoms with Crippen molar-refractivity contribution in [3.8, 4) is 22.8 Å². The summed E-state index contributed by atoms with van der Waals surface area (Å²) in [6.45, 7) is 0.519. The van der Waals surface area contributed by atoms with E-state index in [1.807, 2.05) is 30.3 Å². The molecule has 6 heteroatoms. The number of hydrogen-bond acceptors (Lipinski definition) is 3. The van der Waals surface area contributed by atoms with Crippen LogP contribution in [0.15, 0.2) is 42.5 Å². The fourth-order valence-electron chi connectivity index (χ4n) is 1.95. The Bertz CT molecular complexity index is 766. The second-order valence-electron chi connectivity index (χ2n) is 4.54. The van der Waals surface area contributed by atoms with Gasteiger partial charge in [-0.2, -0.15) is 5.10 Å². The maximum atomic E-state index is 6.01. The monoisotopic (exact) mass is 318 g/mol. The predicted molar refractivity (Wildman–Crippen MR) is 85.2 cm³/mol. The highest BCUT2D eigenvalue weighted by Gasteiger charge is 2.09. The Kier molecular flexibility index (Phi) is 3.92. The minimum absolute atomic E-state index is 0.479. The molecule has 0 amide bonds. The van der Waals surface area contributed by atoms with Crippen molar-refractivity contribution in [1.29, 1.82) is 0 Å². The molecular formula is C15H12Cl2N4. The van der Waals surface area contributed by atoms with Crippen molar-refractivity contribution >= 4 is 23.2 Å². The Morgan fingerprint density at radius 1 is 0.952 bits per heavy atom. The third kappa shape index (κ3) is 2.93. The fraction of sp³-hybridized carbons (Fsp3) is 0.0667. The third-order valence-electron chi connectivity index (χ3n) is 3.13. The number of nitrogens with one attached hydrogen (secondary N) is 1. The highest BCUT2D eigenvalue weighted by Crippen LogP contribution is 2.27. The zero-order valence-corrected chi connectivity index (χ0v) is 12.5. The normalized spacial score (nSPS) is 10.8. The van der Waals surface area contributed by atoms with Crippen LogP contribution in [0.1, 0.15) is 5.56 Å². The topological polar surface area (TPSA) is 67.6 Å². The molecule has 1 heterocycles. The molecule has 2 aromatic carbocycles. The van der Waals surface area contributed by atoms with Gasteiger partial charge in [0.1, 0.15) is 0 Å². The highest BCUT2D eigenvalue weighted by molar-refractivity contribution is 6.42. The van der Waals surface area contributed by atoms with Gasteiger partial charge in [-0.3, -0.25) is 5.10 Å². The average molecular weight is 319 g/mol. The van der Waals surface area contributed by atoms with E-state index in [2.05, 4.69) is 15.2 Å². The number of benzene rings is 2. The van der Waals surface area contributed by atoms with Gasteiger partial charge in [0.05, 0.1) is 10.0 Å². The summed E-state index contributed by atoms with van der Waals surface area (Å²) >= 11 is 11.9. The summed E-state index contributed by atoms with van der Waals surface area (Å²) in [4.78, 5) is 4.48. The van der Waals surface area contributed by atoms with Crippen LogP contribution >= 0.6 is 23.2 Å². The van der Waals surface area contributed by atoms with E-state index in [9.17, 15) is 0 Å². The first-order chi connectivity index (χ1) is 10.2. The van der Waals surface area contributed by atoms with Crippen molar-refractivity contribution in [2.45, 2.75) is 6.54 Å². The zero-order chi connectivity index (χ0) is 14.8. The van der Waals surface area contributed by atoms with Crippen LogP contribution in [0.3, 0.4) is 0 Å². The molecule has 3 aromatic rings. The predicted octanol–water partition coefficient (Wildman–Crippen LogP) is 3.90. The largest absolute Gasteiger partial charge is 0.326 e. The molecule has 3 rings (SSSR count). The molecule has 0 atom stereocenters. The Morgan fingerprint density at radius 3 is 2.33 bits per heavy atom. The summed E-state index contributed by atoms with van der Waals surface area (Å²) in [5, 5.41) is 8.12. The molecule has 0 radical (unpaired) electrons. The first kappa shape index (κ1) is 14.1. The molecule has 0 aliphatic heterocycles. The van der Waals surface area contributed by atoms with Crippen LogP contribution in [0.2, 0.25) is 10.0 Å². The molecular weight excluding hydrogens is 307 g/mol. The van der Waals surface area contributed by atoms with Gasteiger partial charge in [-0.1, -0.05) is 47.5 Å². The SMILES string of the molecule is NCc1ccc(-c2nc(-c3ccc(Cl)c(Cl)c3)n[nH]2)cc1. The van der Waals surface area contributed by atoms with Crippen molar-refractivity contribution in [2.75, 3.05) is 0 Å². The number of hydrogen-bond donors (Lipinski definition) is 2. The van der Waals surface area contributed by atoms with E-state index in [1.54, 1.807) is 12.1 Å². The molecule has 0 saturated heterocycles. The Labute approximate surface area is 131 Å². The smallest absolute Gasteiger partial charge is 0.181 e. The van der Waals surface area contributed by atoms with E-state index in [4.69, 9.17) is 28.9 Å². The summed E-state index contributed by atoms with van der Waals surface area (Å²) in [7, 11) is 0. The van der Waals surface area contributed by atoms with E-state index in [1.165, 1.54) is 0 Å². The first-order valence-corrected chi connectivity index (χ1v) is 7.10. The summed E-state index contributed by atoms with van der Waals surface area (Å²) in [6.07, 6.45) is 0. The number of halogens is 2. The number of nitrogens with zero attached hydrogens (tertiary/aromatic N) is 2. The molecule has 0 fully saturated rings. The summed E-state index contributed by atoms with van der Waals surface area (Å²) in [5.41, 5.74) is 8.42. The number of aromatic amines is 1. The Morgan fingerprint density at radius 2 is 1.67 bits per heavy atom. The van der Waals surface area contributed by atoms with Gasteiger partial charge < -0.3 is 5.73 Å². The fourth-order valence-corrected chi connectivity index (χ4v) is 2.25. The van der Waals surface area contributed by atoms with E-state index < -0.39 is 0 Å². The molecule has 4 nitrogen and oxygen atoms in total. The molecule has 0 aliphatic carbocycles. The van der Waals surface area contributed by atoms with Gasteiger partial charge in [0, 0.05) is 17.7 Å². The standard InChI is InChI=1S/C15H12Cl2N4/c16-12-6-5-11(7-13(12)17)15-19-14(20-21-15)10-3-1-9(8-18)2-4-10/h1-7H,8,18H2,(H,19,20,21). The quantitative estimate of drug-likeness (QED) is 0.769. The van der Waals surface area contributed by atoms with Gasteiger partial charge in [0.2, 0.25) is 0 Å². The maximum absolute atomic E-state index is 6.01. The van der Waals surface area contributed by atoms with Crippen molar-refractivity contribution in [3.05, 3.63) is 58.1 Å². The van der Waals surface area contributed by atoms with Gasteiger partial charge in [0.25, 0.3) is 0 Å². The van der Waals surface area contributed by atoms with Crippen LogP contribution in [0, 0.1) is 0 Å². The molecule has 1 aromatic heterocycles. The minimum atomic E-state index is 0.479. The average Bonchev–Trinajstić information content (AvgIpc) is 3.00. The van der Waals surface area contributed by atoms with Gasteiger partial charge in [-0.15, -0.1) is 0 Å². The number of aromatic nitrogens is 3. The molecule has 0 spiro atoms. The number of nitrogens with two attached hydrogens (primary N) is 1. The van der Waals surface area contributed by atoms with Crippen LogP contribution in [0.25, 0.3) is 22.8 Å². The lowest BCUT2D eigenvalue weighted by Crippen LogP contribution is -1.95. The molecule has 0 bridgehead atoms. The molecule has 3 N–H and O–H groups in total. The van der Waals surface area contributed by atoms with Crippen molar-refractivity contribution in [1.82, 2.24) is 15.2 Å². The van der Waals surface area contributed by atoms with Gasteiger partial charge in [-0.25, -0.2) is 4.98 Å². The first-order valence-electron chi connectivity index (χ1n) is 6.34. The second kappa shape index (κ2) is 5.85. The van der Waals surface area contributed by atoms with Gasteiger partial charge in [0.15, 0.2) is 11.6 Å². The molecule has 0 unspecified atom stereocenters. The lowest BCUT2D eigenvalue weighted by Gasteiger charge is -1.99. The lowest BCUT2D eigenvalue weighted by atomic mass is 10.1. The third-order valence-corrected chi connectivity index (χ3v) is 3.87. The number of rotatable bonds is 3. The summed E-state index contributed by atoms with van der Waals surface area (Å²) in [5.74, 6) is 1.27. The van der Waals surface area contributed by atoms with E-state index in [-0.39, 0.29) is 0 Å². The van der Waals surface area contributed by atoms with Crippen LogP contribution < -0.4 is 5.73 Å². The van der Waals surface area contributed by atoms with Crippen LogP contribution in [-0.4, -0.2) is 15.2 Å². The van der Waals surface area contributed by atoms with E-state index >= 15 is 0 Å². The zero-order valence-electron chi connectivity index (χ0n) is 11.0. The Balaban J connectivity index is 1.93. The minimum Gasteiger partial charge on any atom is -0.326 e. The Hall–Kier alpha value is -1.88. The molecule has 0 saturated carbocycles. The highest BCUT2D eigenvalue weighted by atomic mass is 35.5. The lowest BCUT2D eigenvalue weighted by molar-refractivity contribution is 1.07. The molecule has 0 aliphatic rings. The summed E-state index contributed by atoms with van der Waals surface area (Å²) < 4.78 is 0. The maximum Gasteiger partial charge on any atom is 0.181 e. The summed E-state index contributed by atoms with van der Waals surface area (Å²) in [6, 6.07) is 13.2. The van der Waals surface area contributed by atoms with Crippen LogP contribution in [0.5, 0.6) is 0 Å². The van der Waals surface area contributed by atoms with E-state index in [0.717, 1.165) is 16.7 Å².